The van der Waals surface area contributed by atoms with Crippen molar-refractivity contribution in [3.05, 3.63) is 45.9 Å². The molecule has 1 N–H and O–H groups in total. The Bertz CT molecular complexity index is 813. The standard InChI is InChI=1S/C18H22BrF2N5O/c1-11(2)22-18(27)17-10-26(24-23-17)9-15-6-14(20)8-25(15)7-12-5-13(19)3-4-16(12)21/h3-5,10-11,14-15H,6-9H2,1-2H3,(H,22,27)/t14-,15-/m0/s1. The van der Waals surface area contributed by atoms with Gasteiger partial charge in [-0.1, -0.05) is 21.1 Å². The van der Waals surface area contributed by atoms with E-state index in [-0.39, 0.29) is 36.0 Å². The zero-order valence-corrected chi connectivity index (χ0v) is 16.8. The van der Waals surface area contributed by atoms with E-state index in [2.05, 4.69) is 31.6 Å². The fraction of sp³-hybridized carbons (Fsp3) is 0.500. The highest BCUT2D eigenvalue weighted by atomic mass is 79.9. The second-order valence-electron chi connectivity index (χ2n) is 7.11. The summed E-state index contributed by atoms with van der Waals surface area (Å²) in [4.78, 5) is 13.9. The van der Waals surface area contributed by atoms with Crippen LogP contribution in [0.5, 0.6) is 0 Å². The number of nitrogens with zero attached hydrogens (tertiary/aromatic N) is 4. The van der Waals surface area contributed by atoms with E-state index in [0.29, 0.717) is 25.1 Å². The van der Waals surface area contributed by atoms with Crippen LogP contribution in [-0.4, -0.2) is 50.6 Å². The summed E-state index contributed by atoms with van der Waals surface area (Å²) in [5.74, 6) is -0.605. The Morgan fingerprint density at radius 1 is 1.44 bits per heavy atom. The van der Waals surface area contributed by atoms with Crippen molar-refractivity contribution in [3.8, 4) is 0 Å². The number of halogens is 3. The number of carbonyl (C=O) groups excluding carboxylic acids is 1. The summed E-state index contributed by atoms with van der Waals surface area (Å²) in [5.41, 5.74) is 0.738. The van der Waals surface area contributed by atoms with Crippen molar-refractivity contribution in [2.24, 2.45) is 0 Å². The van der Waals surface area contributed by atoms with Crippen molar-refractivity contribution in [1.82, 2.24) is 25.2 Å². The van der Waals surface area contributed by atoms with Gasteiger partial charge < -0.3 is 5.32 Å². The van der Waals surface area contributed by atoms with Crippen LogP contribution in [0, 0.1) is 5.82 Å². The lowest BCUT2D eigenvalue weighted by Crippen LogP contribution is -2.33. The third kappa shape index (κ3) is 5.10. The van der Waals surface area contributed by atoms with Gasteiger partial charge in [0.1, 0.15) is 12.0 Å². The molecule has 9 heteroatoms. The smallest absolute Gasteiger partial charge is 0.273 e. The van der Waals surface area contributed by atoms with E-state index in [1.165, 1.54) is 6.07 Å². The molecule has 1 saturated heterocycles. The Kier molecular flexibility index (Phi) is 6.21. The largest absolute Gasteiger partial charge is 0.348 e. The van der Waals surface area contributed by atoms with E-state index < -0.39 is 6.17 Å². The molecular weight excluding hydrogens is 420 g/mol. The fourth-order valence-corrected chi connectivity index (χ4v) is 3.64. The number of carbonyl (C=O) groups is 1. The molecule has 2 atom stereocenters. The highest BCUT2D eigenvalue weighted by molar-refractivity contribution is 9.10. The molecule has 1 amide bonds. The van der Waals surface area contributed by atoms with Crippen molar-refractivity contribution in [2.75, 3.05) is 6.54 Å². The summed E-state index contributed by atoms with van der Waals surface area (Å²) in [7, 11) is 0. The van der Waals surface area contributed by atoms with Crippen molar-refractivity contribution >= 4 is 21.8 Å². The maximum absolute atomic E-state index is 14.1. The predicted octanol–water partition coefficient (Wildman–Crippen LogP) is 2.93. The van der Waals surface area contributed by atoms with E-state index in [1.807, 2.05) is 18.7 Å². The number of benzene rings is 1. The second kappa shape index (κ2) is 8.43. The Labute approximate surface area is 165 Å². The molecule has 0 unspecified atom stereocenters. The van der Waals surface area contributed by atoms with Crippen LogP contribution >= 0.6 is 15.9 Å². The minimum absolute atomic E-state index is 0.000336. The SMILES string of the molecule is CC(C)NC(=O)c1cn(C[C@@H]2C[C@H](F)CN2Cc2cc(Br)ccc2F)nn1. The molecule has 1 aliphatic heterocycles. The summed E-state index contributed by atoms with van der Waals surface area (Å²) in [6.45, 7) is 4.66. The predicted molar refractivity (Wildman–Crippen MR) is 100 cm³/mol. The summed E-state index contributed by atoms with van der Waals surface area (Å²) in [6.07, 6.45) is 0.918. The molecular formula is C18H22BrF2N5O. The van der Waals surface area contributed by atoms with Gasteiger partial charge in [-0.15, -0.1) is 5.10 Å². The van der Waals surface area contributed by atoms with Crippen LogP contribution in [0.25, 0.3) is 0 Å². The van der Waals surface area contributed by atoms with Gasteiger partial charge in [0.05, 0.1) is 12.7 Å². The summed E-state index contributed by atoms with van der Waals surface area (Å²) in [5, 5.41) is 10.6. The molecule has 1 aromatic carbocycles. The van der Waals surface area contributed by atoms with E-state index in [9.17, 15) is 13.6 Å². The minimum Gasteiger partial charge on any atom is -0.348 e. The van der Waals surface area contributed by atoms with Gasteiger partial charge in [0.15, 0.2) is 5.69 Å². The van der Waals surface area contributed by atoms with Crippen LogP contribution in [0.2, 0.25) is 0 Å². The van der Waals surface area contributed by atoms with Gasteiger partial charge in [0, 0.05) is 35.2 Å². The Morgan fingerprint density at radius 2 is 2.22 bits per heavy atom. The van der Waals surface area contributed by atoms with Gasteiger partial charge in [-0.05, 0) is 38.5 Å². The lowest BCUT2D eigenvalue weighted by atomic mass is 10.1. The normalized spacial score (nSPS) is 20.4. The number of rotatable bonds is 6. The van der Waals surface area contributed by atoms with Gasteiger partial charge in [0.2, 0.25) is 0 Å². The van der Waals surface area contributed by atoms with Crippen molar-refractivity contribution < 1.29 is 13.6 Å². The molecule has 0 radical (unpaired) electrons. The molecule has 27 heavy (non-hydrogen) atoms. The molecule has 2 heterocycles. The molecule has 2 aromatic rings. The second-order valence-corrected chi connectivity index (χ2v) is 8.02. The molecule has 6 nitrogen and oxygen atoms in total. The average Bonchev–Trinajstić information content (AvgIpc) is 3.18. The molecule has 0 aliphatic carbocycles. The molecule has 1 aromatic heterocycles. The number of hydrogen-bond acceptors (Lipinski definition) is 4. The summed E-state index contributed by atoms with van der Waals surface area (Å²) >= 11 is 3.34. The monoisotopic (exact) mass is 441 g/mol. The number of amides is 1. The third-order valence-electron chi connectivity index (χ3n) is 4.45. The van der Waals surface area contributed by atoms with Crippen LogP contribution in [0.4, 0.5) is 8.78 Å². The topological polar surface area (TPSA) is 63.1 Å². The lowest BCUT2D eigenvalue weighted by molar-refractivity contribution is 0.0938. The fourth-order valence-electron chi connectivity index (χ4n) is 3.23. The Balaban J connectivity index is 1.69. The van der Waals surface area contributed by atoms with Crippen LogP contribution < -0.4 is 5.32 Å². The maximum atomic E-state index is 14.1. The third-order valence-corrected chi connectivity index (χ3v) is 4.94. The first-order valence-corrected chi connectivity index (χ1v) is 9.64. The molecule has 0 spiro atoms. The van der Waals surface area contributed by atoms with E-state index >= 15 is 0 Å². The molecule has 0 bridgehead atoms. The van der Waals surface area contributed by atoms with Crippen LogP contribution in [0.1, 0.15) is 36.3 Å². The molecule has 1 fully saturated rings. The number of aromatic nitrogens is 3. The van der Waals surface area contributed by atoms with Crippen LogP contribution in [0.15, 0.2) is 28.9 Å². The number of hydrogen-bond donors (Lipinski definition) is 1. The highest BCUT2D eigenvalue weighted by Crippen LogP contribution is 2.26. The van der Waals surface area contributed by atoms with E-state index in [0.717, 1.165) is 4.47 Å². The Morgan fingerprint density at radius 3 is 2.96 bits per heavy atom. The van der Waals surface area contributed by atoms with Gasteiger partial charge in [-0.3, -0.25) is 14.4 Å². The number of alkyl halides is 1. The molecule has 1 aliphatic rings. The molecule has 3 rings (SSSR count). The van der Waals surface area contributed by atoms with Gasteiger partial charge >= 0.3 is 0 Å². The van der Waals surface area contributed by atoms with Crippen LogP contribution in [0.3, 0.4) is 0 Å². The molecule has 146 valence electrons. The quantitative estimate of drug-likeness (QED) is 0.748. The summed E-state index contributed by atoms with van der Waals surface area (Å²) in [6, 6.07) is 4.59. The zero-order valence-electron chi connectivity index (χ0n) is 15.2. The minimum atomic E-state index is -0.975. The van der Waals surface area contributed by atoms with Gasteiger partial charge in [-0.25, -0.2) is 8.78 Å². The van der Waals surface area contributed by atoms with Gasteiger partial charge in [-0.2, -0.15) is 0 Å². The van der Waals surface area contributed by atoms with E-state index in [1.54, 1.807) is 23.0 Å². The number of nitrogens with one attached hydrogen (secondary N) is 1. The van der Waals surface area contributed by atoms with Crippen molar-refractivity contribution in [2.45, 2.75) is 51.6 Å². The lowest BCUT2D eigenvalue weighted by Gasteiger charge is -2.24. The van der Waals surface area contributed by atoms with Crippen molar-refractivity contribution in [3.63, 3.8) is 0 Å². The summed E-state index contributed by atoms with van der Waals surface area (Å²) < 4.78 is 30.4. The maximum Gasteiger partial charge on any atom is 0.273 e. The average molecular weight is 442 g/mol. The van der Waals surface area contributed by atoms with Gasteiger partial charge in [0.25, 0.3) is 5.91 Å². The van der Waals surface area contributed by atoms with Crippen LogP contribution in [-0.2, 0) is 13.1 Å². The first-order valence-electron chi connectivity index (χ1n) is 8.85. The van der Waals surface area contributed by atoms with Crippen molar-refractivity contribution in [1.29, 1.82) is 0 Å². The first kappa shape index (κ1) is 19.9. The Hall–Kier alpha value is -1.87. The van der Waals surface area contributed by atoms with E-state index in [4.69, 9.17) is 0 Å². The molecule has 0 saturated carbocycles. The zero-order chi connectivity index (χ0) is 19.6. The first-order chi connectivity index (χ1) is 12.8. The highest BCUT2D eigenvalue weighted by Gasteiger charge is 2.33. The number of likely N-dealkylation sites (tertiary alicyclic amines) is 1.